The van der Waals surface area contributed by atoms with Gasteiger partial charge in [0.25, 0.3) is 0 Å². The monoisotopic (exact) mass is 339 g/mol. The van der Waals surface area contributed by atoms with Crippen molar-refractivity contribution < 1.29 is 4.74 Å². The summed E-state index contributed by atoms with van der Waals surface area (Å²) in [6.07, 6.45) is 2.14. The van der Waals surface area contributed by atoms with Crippen LogP contribution < -0.4 is 10.1 Å². The van der Waals surface area contributed by atoms with Crippen molar-refractivity contribution in [1.29, 1.82) is 0 Å². The Kier molecular flexibility index (Phi) is 4.80. The molecule has 2 atom stereocenters. The molecule has 1 aliphatic rings. The summed E-state index contributed by atoms with van der Waals surface area (Å²) in [6.45, 7) is 10.1. The fraction of sp³-hybridized carbons (Fsp3) is 0.647. The van der Waals surface area contributed by atoms with Gasteiger partial charge in [-0.3, -0.25) is 0 Å². The van der Waals surface area contributed by atoms with Crippen molar-refractivity contribution in [3.8, 4) is 5.75 Å². The second-order valence-electron chi connectivity index (χ2n) is 6.93. The second kappa shape index (κ2) is 6.07. The van der Waals surface area contributed by atoms with Crippen LogP contribution in [0.25, 0.3) is 0 Å². The zero-order chi connectivity index (χ0) is 14.9. The van der Waals surface area contributed by atoms with E-state index < -0.39 is 0 Å². The van der Waals surface area contributed by atoms with Gasteiger partial charge in [0.05, 0.1) is 6.61 Å². The fourth-order valence-electron chi connectivity index (χ4n) is 2.66. The molecule has 1 aromatic carbocycles. The molecule has 0 saturated heterocycles. The molecule has 1 N–H and O–H groups in total. The van der Waals surface area contributed by atoms with Crippen molar-refractivity contribution in [2.24, 2.45) is 11.3 Å². The quantitative estimate of drug-likeness (QED) is 0.857. The highest BCUT2D eigenvalue weighted by molar-refractivity contribution is 9.10. The summed E-state index contributed by atoms with van der Waals surface area (Å²) in [7, 11) is 2.04. The van der Waals surface area contributed by atoms with E-state index in [2.05, 4.69) is 61.1 Å². The van der Waals surface area contributed by atoms with Gasteiger partial charge in [0.2, 0.25) is 0 Å². The standard InChI is InChI=1S/C17H26BrNO/c1-11(17(2,3)4)8-15(19-5)14-10-13(18)9-12-6-7-20-16(12)14/h9-11,15,19H,6-8H2,1-5H3. The van der Waals surface area contributed by atoms with E-state index in [1.807, 2.05) is 7.05 Å². The van der Waals surface area contributed by atoms with Crippen molar-refractivity contribution >= 4 is 15.9 Å². The molecule has 0 aliphatic carbocycles. The van der Waals surface area contributed by atoms with E-state index in [-0.39, 0.29) is 0 Å². The van der Waals surface area contributed by atoms with Gasteiger partial charge in [-0.2, -0.15) is 0 Å². The Balaban J connectivity index is 2.29. The lowest BCUT2D eigenvalue weighted by Gasteiger charge is -2.31. The van der Waals surface area contributed by atoms with E-state index in [1.165, 1.54) is 11.1 Å². The zero-order valence-corrected chi connectivity index (χ0v) is 14.8. The highest BCUT2D eigenvalue weighted by atomic mass is 79.9. The highest BCUT2D eigenvalue weighted by Gasteiger charge is 2.27. The molecule has 3 heteroatoms. The molecule has 112 valence electrons. The minimum absolute atomic E-state index is 0.325. The Morgan fingerprint density at radius 1 is 1.35 bits per heavy atom. The lowest BCUT2D eigenvalue weighted by Crippen LogP contribution is -2.25. The molecule has 0 bridgehead atoms. The van der Waals surface area contributed by atoms with Crippen LogP contribution in [-0.2, 0) is 6.42 Å². The van der Waals surface area contributed by atoms with Crippen LogP contribution in [0.1, 0.15) is 51.3 Å². The van der Waals surface area contributed by atoms with Crippen molar-refractivity contribution in [3.63, 3.8) is 0 Å². The lowest BCUT2D eigenvalue weighted by atomic mass is 9.77. The molecule has 0 radical (unpaired) electrons. The Morgan fingerprint density at radius 2 is 2.05 bits per heavy atom. The molecule has 2 rings (SSSR count). The molecule has 2 nitrogen and oxygen atoms in total. The average molecular weight is 340 g/mol. The third kappa shape index (κ3) is 3.37. The summed E-state index contributed by atoms with van der Waals surface area (Å²) in [5.74, 6) is 1.74. The van der Waals surface area contributed by atoms with E-state index in [4.69, 9.17) is 4.74 Å². The molecule has 0 aromatic heterocycles. The number of nitrogens with one attached hydrogen (secondary N) is 1. The van der Waals surface area contributed by atoms with E-state index in [1.54, 1.807) is 0 Å². The Labute approximate surface area is 131 Å². The molecule has 0 spiro atoms. The van der Waals surface area contributed by atoms with Crippen molar-refractivity contribution in [3.05, 3.63) is 27.7 Å². The molecular weight excluding hydrogens is 314 g/mol. The van der Waals surface area contributed by atoms with E-state index in [0.717, 1.165) is 29.7 Å². The first-order valence-electron chi connectivity index (χ1n) is 7.45. The van der Waals surface area contributed by atoms with Crippen molar-refractivity contribution in [2.75, 3.05) is 13.7 Å². The molecule has 1 aliphatic heterocycles. The smallest absolute Gasteiger partial charge is 0.127 e. The number of rotatable bonds is 4. The SMILES string of the molecule is CNC(CC(C)C(C)(C)C)c1cc(Br)cc2c1OCC2. The Hall–Kier alpha value is -0.540. The van der Waals surface area contributed by atoms with Gasteiger partial charge in [-0.25, -0.2) is 0 Å². The highest BCUT2D eigenvalue weighted by Crippen LogP contribution is 2.40. The topological polar surface area (TPSA) is 21.3 Å². The number of ether oxygens (including phenoxy) is 1. The van der Waals surface area contributed by atoms with E-state index >= 15 is 0 Å². The predicted molar refractivity (Wildman–Crippen MR) is 88.4 cm³/mol. The van der Waals surface area contributed by atoms with Crippen molar-refractivity contribution in [1.82, 2.24) is 5.32 Å². The largest absolute Gasteiger partial charge is 0.493 e. The maximum Gasteiger partial charge on any atom is 0.127 e. The maximum absolute atomic E-state index is 5.87. The van der Waals surface area contributed by atoms with Gasteiger partial charge in [-0.1, -0.05) is 43.6 Å². The van der Waals surface area contributed by atoms with Crippen LogP contribution in [0.15, 0.2) is 16.6 Å². The maximum atomic E-state index is 5.87. The molecule has 1 heterocycles. The average Bonchev–Trinajstić information content (AvgIpc) is 2.81. The molecule has 20 heavy (non-hydrogen) atoms. The summed E-state index contributed by atoms with van der Waals surface area (Å²) in [4.78, 5) is 0. The summed E-state index contributed by atoms with van der Waals surface area (Å²) in [5.41, 5.74) is 2.95. The molecule has 1 aromatic rings. The molecule has 2 unspecified atom stereocenters. The summed E-state index contributed by atoms with van der Waals surface area (Å²) >= 11 is 3.64. The fourth-order valence-corrected chi connectivity index (χ4v) is 3.19. The number of benzene rings is 1. The minimum atomic E-state index is 0.325. The number of fused-ring (bicyclic) bond motifs is 1. The third-order valence-electron chi connectivity index (χ3n) is 4.57. The first kappa shape index (κ1) is 15.8. The van der Waals surface area contributed by atoms with Crippen LogP contribution in [0.2, 0.25) is 0 Å². The van der Waals surface area contributed by atoms with Gasteiger partial charge in [0, 0.05) is 22.5 Å². The Bertz CT molecular complexity index is 479. The summed E-state index contributed by atoms with van der Waals surface area (Å²) in [5, 5.41) is 3.48. The van der Waals surface area contributed by atoms with E-state index in [9.17, 15) is 0 Å². The molecular formula is C17H26BrNO. The number of halogens is 1. The summed E-state index contributed by atoms with van der Waals surface area (Å²) in [6, 6.07) is 4.74. The first-order valence-corrected chi connectivity index (χ1v) is 8.24. The lowest BCUT2D eigenvalue weighted by molar-refractivity contribution is 0.224. The summed E-state index contributed by atoms with van der Waals surface area (Å²) < 4.78 is 7.03. The Morgan fingerprint density at radius 3 is 2.65 bits per heavy atom. The van der Waals surface area contributed by atoms with E-state index in [0.29, 0.717) is 17.4 Å². The van der Waals surface area contributed by atoms with Crippen LogP contribution in [0.4, 0.5) is 0 Å². The third-order valence-corrected chi connectivity index (χ3v) is 5.03. The predicted octanol–water partition coefficient (Wildman–Crippen LogP) is 4.72. The van der Waals surface area contributed by atoms with Gasteiger partial charge in [0.15, 0.2) is 0 Å². The van der Waals surface area contributed by atoms with Crippen LogP contribution in [0.3, 0.4) is 0 Å². The molecule has 0 fully saturated rings. The number of hydrogen-bond acceptors (Lipinski definition) is 2. The van der Waals surface area contributed by atoms with Crippen LogP contribution in [0, 0.1) is 11.3 Å². The van der Waals surface area contributed by atoms with Gasteiger partial charge in [-0.15, -0.1) is 0 Å². The zero-order valence-electron chi connectivity index (χ0n) is 13.2. The molecule has 0 amide bonds. The second-order valence-corrected chi connectivity index (χ2v) is 7.84. The minimum Gasteiger partial charge on any atom is -0.493 e. The first-order chi connectivity index (χ1) is 9.32. The van der Waals surface area contributed by atoms with Crippen LogP contribution in [-0.4, -0.2) is 13.7 Å². The van der Waals surface area contributed by atoms with Gasteiger partial charge in [-0.05, 0) is 42.5 Å². The van der Waals surface area contributed by atoms with Gasteiger partial charge < -0.3 is 10.1 Å². The van der Waals surface area contributed by atoms with Crippen LogP contribution >= 0.6 is 15.9 Å². The van der Waals surface area contributed by atoms with Crippen molar-refractivity contribution in [2.45, 2.75) is 46.6 Å². The van der Waals surface area contributed by atoms with Gasteiger partial charge in [0.1, 0.15) is 5.75 Å². The normalized spacial score (nSPS) is 17.5. The number of hydrogen-bond donors (Lipinski definition) is 1. The van der Waals surface area contributed by atoms with Crippen LogP contribution in [0.5, 0.6) is 5.75 Å². The van der Waals surface area contributed by atoms with Gasteiger partial charge >= 0.3 is 0 Å². The molecule has 0 saturated carbocycles.